The van der Waals surface area contributed by atoms with Gasteiger partial charge in [0.1, 0.15) is 5.54 Å². The largest absolute Gasteiger partial charge is 0.493 e. The molecule has 5 heteroatoms. The van der Waals surface area contributed by atoms with Crippen molar-refractivity contribution in [3.8, 4) is 11.5 Å². The van der Waals surface area contributed by atoms with Gasteiger partial charge in [-0.05, 0) is 31.7 Å². The summed E-state index contributed by atoms with van der Waals surface area (Å²) in [6.45, 7) is 0. The van der Waals surface area contributed by atoms with Crippen LogP contribution >= 0.6 is 11.6 Å². The van der Waals surface area contributed by atoms with Crippen molar-refractivity contribution in [2.75, 3.05) is 7.11 Å². The van der Waals surface area contributed by atoms with Gasteiger partial charge in [-0.3, -0.25) is 0 Å². The molecule has 0 N–H and O–H groups in total. The van der Waals surface area contributed by atoms with E-state index >= 15 is 0 Å². The van der Waals surface area contributed by atoms with Gasteiger partial charge < -0.3 is 9.47 Å². The number of methoxy groups -OCH3 is 1. The third-order valence-electron chi connectivity index (χ3n) is 4.24. The van der Waals surface area contributed by atoms with E-state index in [9.17, 15) is 4.79 Å². The quantitative estimate of drug-likeness (QED) is 0.610. The molecule has 21 heavy (non-hydrogen) atoms. The molecule has 3 rings (SSSR count). The average molecular weight is 308 g/mol. The highest BCUT2D eigenvalue weighted by Crippen LogP contribution is 2.50. The molecule has 112 valence electrons. The second-order valence-corrected chi connectivity index (χ2v) is 6.18. The van der Waals surface area contributed by atoms with Crippen LogP contribution in [0.5, 0.6) is 11.5 Å². The monoisotopic (exact) mass is 307 g/mol. The zero-order valence-electron chi connectivity index (χ0n) is 12.0. The summed E-state index contributed by atoms with van der Waals surface area (Å²) in [5, 5.41) is 0.567. The van der Waals surface area contributed by atoms with E-state index in [2.05, 4.69) is 4.99 Å². The predicted molar refractivity (Wildman–Crippen MR) is 79.9 cm³/mol. The molecule has 2 saturated carbocycles. The second-order valence-electron chi connectivity index (χ2n) is 5.74. The molecule has 0 heterocycles. The zero-order chi connectivity index (χ0) is 14.9. The number of carbonyl (C=O) groups excluding carboxylic acids is 1. The number of isocyanates is 1. The van der Waals surface area contributed by atoms with Crippen LogP contribution in [-0.4, -0.2) is 19.3 Å². The topological polar surface area (TPSA) is 47.9 Å². The molecule has 0 aromatic heterocycles. The molecule has 0 unspecified atom stereocenters. The van der Waals surface area contributed by atoms with Crippen LogP contribution in [0.2, 0.25) is 5.02 Å². The standard InChI is InChI=1S/C16H18ClNO3/c1-20-14-9-11(17)8-13(15(14)21-12-4-5-12)16(18-10-19)6-2-3-7-16/h8-9,12H,2-7H2,1H3. The fraction of sp³-hybridized carbons (Fsp3) is 0.562. The van der Waals surface area contributed by atoms with Crippen LogP contribution in [0.25, 0.3) is 0 Å². The van der Waals surface area contributed by atoms with E-state index in [1.54, 1.807) is 19.3 Å². The number of halogens is 1. The molecule has 1 aromatic rings. The minimum absolute atomic E-state index is 0.234. The molecule has 0 amide bonds. The maximum atomic E-state index is 10.9. The number of hydrogen-bond donors (Lipinski definition) is 0. The Morgan fingerprint density at radius 1 is 1.33 bits per heavy atom. The molecule has 0 saturated heterocycles. The van der Waals surface area contributed by atoms with Crippen LogP contribution in [0.15, 0.2) is 17.1 Å². The first-order valence-electron chi connectivity index (χ1n) is 7.32. The van der Waals surface area contributed by atoms with Gasteiger partial charge in [-0.2, -0.15) is 4.99 Å². The summed E-state index contributed by atoms with van der Waals surface area (Å²) in [5.74, 6) is 1.29. The number of ether oxygens (including phenoxy) is 2. The van der Waals surface area contributed by atoms with E-state index in [1.807, 2.05) is 6.07 Å². The second kappa shape index (κ2) is 5.70. The van der Waals surface area contributed by atoms with Gasteiger partial charge in [-0.15, -0.1) is 0 Å². The van der Waals surface area contributed by atoms with E-state index in [0.29, 0.717) is 16.5 Å². The van der Waals surface area contributed by atoms with Gasteiger partial charge in [-0.25, -0.2) is 4.79 Å². The lowest BCUT2D eigenvalue weighted by atomic mass is 9.88. The van der Waals surface area contributed by atoms with Gasteiger partial charge in [0, 0.05) is 16.7 Å². The van der Waals surface area contributed by atoms with Crippen molar-refractivity contribution in [2.24, 2.45) is 4.99 Å². The Morgan fingerprint density at radius 3 is 2.62 bits per heavy atom. The van der Waals surface area contributed by atoms with Gasteiger partial charge in [0.25, 0.3) is 0 Å². The summed E-state index contributed by atoms with van der Waals surface area (Å²) in [4.78, 5) is 15.1. The molecular formula is C16H18ClNO3. The summed E-state index contributed by atoms with van der Waals surface area (Å²) in [7, 11) is 1.60. The molecule has 1 aromatic carbocycles. The molecule has 4 nitrogen and oxygen atoms in total. The number of aliphatic imine (C=N–C) groups is 1. The zero-order valence-corrected chi connectivity index (χ0v) is 12.8. The maximum absolute atomic E-state index is 10.9. The van der Waals surface area contributed by atoms with Crippen LogP contribution in [-0.2, 0) is 10.3 Å². The lowest BCUT2D eigenvalue weighted by Gasteiger charge is -2.27. The molecule has 2 fully saturated rings. The molecule has 0 radical (unpaired) electrons. The summed E-state index contributed by atoms with van der Waals surface area (Å²) in [5.41, 5.74) is 0.295. The van der Waals surface area contributed by atoms with Gasteiger partial charge in [0.2, 0.25) is 6.08 Å². The van der Waals surface area contributed by atoms with Crippen molar-refractivity contribution in [3.05, 3.63) is 22.7 Å². The van der Waals surface area contributed by atoms with Crippen LogP contribution in [0.1, 0.15) is 44.1 Å². The van der Waals surface area contributed by atoms with E-state index in [-0.39, 0.29) is 6.10 Å². The first kappa shape index (κ1) is 14.4. The van der Waals surface area contributed by atoms with E-state index < -0.39 is 5.54 Å². The molecule has 2 aliphatic rings. The van der Waals surface area contributed by atoms with Gasteiger partial charge in [-0.1, -0.05) is 24.4 Å². The van der Waals surface area contributed by atoms with Crippen molar-refractivity contribution in [1.29, 1.82) is 0 Å². The van der Waals surface area contributed by atoms with Gasteiger partial charge >= 0.3 is 0 Å². The molecule has 0 atom stereocenters. The van der Waals surface area contributed by atoms with Crippen LogP contribution in [0.4, 0.5) is 0 Å². The molecule has 0 spiro atoms. The molecule has 2 aliphatic carbocycles. The van der Waals surface area contributed by atoms with Gasteiger partial charge in [0.15, 0.2) is 11.5 Å². The highest BCUT2D eigenvalue weighted by Gasteiger charge is 2.40. The lowest BCUT2D eigenvalue weighted by Crippen LogP contribution is -2.21. The Balaban J connectivity index is 2.13. The number of benzene rings is 1. The molecule has 0 bridgehead atoms. The first-order chi connectivity index (χ1) is 10.2. The number of nitrogens with zero attached hydrogens (tertiary/aromatic N) is 1. The lowest BCUT2D eigenvalue weighted by molar-refractivity contribution is 0.270. The summed E-state index contributed by atoms with van der Waals surface area (Å²) < 4.78 is 11.5. The van der Waals surface area contributed by atoms with Crippen molar-refractivity contribution in [1.82, 2.24) is 0 Å². The summed E-state index contributed by atoms with van der Waals surface area (Å²) >= 11 is 6.22. The molecular weight excluding hydrogens is 290 g/mol. The fourth-order valence-corrected chi connectivity index (χ4v) is 3.24. The Morgan fingerprint density at radius 2 is 2.05 bits per heavy atom. The third-order valence-corrected chi connectivity index (χ3v) is 4.46. The van der Waals surface area contributed by atoms with Crippen LogP contribution in [0, 0.1) is 0 Å². The first-order valence-corrected chi connectivity index (χ1v) is 7.70. The number of hydrogen-bond acceptors (Lipinski definition) is 4. The Kier molecular flexibility index (Phi) is 3.92. The number of rotatable bonds is 5. The van der Waals surface area contributed by atoms with Crippen LogP contribution in [0.3, 0.4) is 0 Å². The van der Waals surface area contributed by atoms with Crippen molar-refractivity contribution >= 4 is 17.7 Å². The Hall–Kier alpha value is -1.51. The van der Waals surface area contributed by atoms with Crippen molar-refractivity contribution < 1.29 is 14.3 Å². The minimum Gasteiger partial charge on any atom is -0.493 e. The Labute approximate surface area is 129 Å². The maximum Gasteiger partial charge on any atom is 0.235 e. The normalized spacial score (nSPS) is 19.9. The highest BCUT2D eigenvalue weighted by molar-refractivity contribution is 6.30. The summed E-state index contributed by atoms with van der Waals surface area (Å²) in [6.07, 6.45) is 7.76. The van der Waals surface area contributed by atoms with E-state index in [1.165, 1.54) is 0 Å². The molecule has 0 aliphatic heterocycles. The predicted octanol–water partition coefficient (Wildman–Crippen LogP) is 3.99. The highest BCUT2D eigenvalue weighted by atomic mass is 35.5. The minimum atomic E-state index is -0.565. The summed E-state index contributed by atoms with van der Waals surface area (Å²) in [6, 6.07) is 3.60. The third kappa shape index (κ3) is 2.78. The van der Waals surface area contributed by atoms with E-state index in [0.717, 1.165) is 44.1 Å². The SMILES string of the molecule is COc1cc(Cl)cc(C2(N=C=O)CCCC2)c1OC1CC1. The van der Waals surface area contributed by atoms with Crippen molar-refractivity contribution in [2.45, 2.75) is 50.2 Å². The van der Waals surface area contributed by atoms with Gasteiger partial charge in [0.05, 0.1) is 13.2 Å². The Bertz CT molecular complexity index is 585. The fourth-order valence-electron chi connectivity index (χ4n) is 3.03. The average Bonchev–Trinajstić information content (AvgIpc) is 3.17. The van der Waals surface area contributed by atoms with Crippen molar-refractivity contribution in [3.63, 3.8) is 0 Å². The smallest absolute Gasteiger partial charge is 0.235 e. The van der Waals surface area contributed by atoms with Crippen LogP contribution < -0.4 is 9.47 Å². The van der Waals surface area contributed by atoms with E-state index in [4.69, 9.17) is 21.1 Å².